The van der Waals surface area contributed by atoms with Crippen LogP contribution >= 0.6 is 0 Å². The number of likely N-dealkylation sites (N-methyl/N-ethyl adjacent to an activating group) is 1. The highest BCUT2D eigenvalue weighted by Gasteiger charge is 1.93. The van der Waals surface area contributed by atoms with Gasteiger partial charge in [0.05, 0.1) is 0 Å². The molecule has 0 fully saturated rings. The van der Waals surface area contributed by atoms with Gasteiger partial charge in [-0.1, -0.05) is 38.8 Å². The van der Waals surface area contributed by atoms with Gasteiger partial charge in [-0.15, -0.1) is 0 Å². The molecule has 0 bridgehead atoms. The molecule has 0 aromatic heterocycles. The van der Waals surface area contributed by atoms with E-state index in [9.17, 15) is 0 Å². The van der Waals surface area contributed by atoms with E-state index in [-0.39, 0.29) is 0 Å². The van der Waals surface area contributed by atoms with Crippen molar-refractivity contribution >= 4 is 0 Å². The molecule has 1 nitrogen and oxygen atoms in total. The van der Waals surface area contributed by atoms with Crippen LogP contribution < -0.4 is 5.32 Å². The van der Waals surface area contributed by atoms with Crippen LogP contribution in [0.4, 0.5) is 0 Å². The van der Waals surface area contributed by atoms with Crippen LogP contribution in [0.15, 0.2) is 11.6 Å². The third kappa shape index (κ3) is 6.11. The molecule has 0 radical (unpaired) electrons. The van der Waals surface area contributed by atoms with Crippen LogP contribution in [0.3, 0.4) is 0 Å². The first-order chi connectivity index (χ1) is 5.20. The van der Waals surface area contributed by atoms with Crippen LogP contribution in [0.2, 0.25) is 0 Å². The van der Waals surface area contributed by atoms with E-state index < -0.39 is 0 Å². The van der Waals surface area contributed by atoms with Crippen LogP contribution in [0.1, 0.15) is 34.1 Å². The molecule has 1 unspecified atom stereocenters. The van der Waals surface area contributed by atoms with Gasteiger partial charge in [-0.25, -0.2) is 0 Å². The van der Waals surface area contributed by atoms with Crippen molar-refractivity contribution in [1.29, 1.82) is 0 Å². The van der Waals surface area contributed by atoms with E-state index in [1.165, 1.54) is 12.0 Å². The van der Waals surface area contributed by atoms with E-state index in [0.29, 0.717) is 0 Å². The second-order valence-electron chi connectivity index (χ2n) is 3.18. The topological polar surface area (TPSA) is 12.0 Å². The monoisotopic (exact) mass is 155 g/mol. The van der Waals surface area contributed by atoms with Gasteiger partial charge in [0.25, 0.3) is 0 Å². The van der Waals surface area contributed by atoms with E-state index in [0.717, 1.165) is 19.0 Å². The first-order valence-electron chi connectivity index (χ1n) is 4.58. The van der Waals surface area contributed by atoms with Crippen molar-refractivity contribution in [3.8, 4) is 0 Å². The van der Waals surface area contributed by atoms with Crippen molar-refractivity contribution in [3.63, 3.8) is 0 Å². The van der Waals surface area contributed by atoms with E-state index >= 15 is 0 Å². The Morgan fingerprint density at radius 2 is 2.09 bits per heavy atom. The molecule has 0 aliphatic rings. The lowest BCUT2D eigenvalue weighted by molar-refractivity contribution is 0.682. The molecule has 0 heterocycles. The largest absolute Gasteiger partial charge is 0.313 e. The Bertz CT molecular complexity index is 116. The summed E-state index contributed by atoms with van der Waals surface area (Å²) >= 11 is 0. The van der Waals surface area contributed by atoms with Gasteiger partial charge < -0.3 is 5.32 Å². The number of allylic oxidation sites excluding steroid dienone is 1. The fraction of sp³-hybridized carbons (Fsp3) is 0.800. The van der Waals surface area contributed by atoms with Gasteiger partial charge in [-0.2, -0.15) is 0 Å². The summed E-state index contributed by atoms with van der Waals surface area (Å²) in [6.07, 6.45) is 3.59. The van der Waals surface area contributed by atoms with E-state index in [4.69, 9.17) is 0 Å². The average Bonchev–Trinajstić information content (AvgIpc) is 2.00. The molecule has 1 atom stereocenters. The molecule has 66 valence electrons. The van der Waals surface area contributed by atoms with Gasteiger partial charge in [0, 0.05) is 6.54 Å². The molecular weight excluding hydrogens is 134 g/mol. The Morgan fingerprint density at radius 1 is 1.45 bits per heavy atom. The van der Waals surface area contributed by atoms with Crippen molar-refractivity contribution in [2.24, 2.45) is 5.92 Å². The number of nitrogens with one attached hydrogen (secondary N) is 1. The minimum absolute atomic E-state index is 0.730. The summed E-state index contributed by atoms with van der Waals surface area (Å²) in [5, 5.41) is 3.31. The third-order valence-corrected chi connectivity index (χ3v) is 1.87. The molecule has 0 aromatic carbocycles. The second kappa shape index (κ2) is 6.41. The molecule has 0 saturated heterocycles. The predicted octanol–water partition coefficient (Wildman–Crippen LogP) is 2.59. The highest BCUT2D eigenvalue weighted by molar-refractivity contribution is 5.01. The van der Waals surface area contributed by atoms with Gasteiger partial charge in [-0.3, -0.25) is 0 Å². The van der Waals surface area contributed by atoms with Crippen LogP contribution in [-0.4, -0.2) is 13.1 Å². The summed E-state index contributed by atoms with van der Waals surface area (Å²) in [5.74, 6) is 0.730. The summed E-state index contributed by atoms with van der Waals surface area (Å²) in [4.78, 5) is 0. The number of rotatable bonds is 5. The summed E-state index contributed by atoms with van der Waals surface area (Å²) in [6, 6.07) is 0. The molecule has 0 spiro atoms. The molecule has 1 N–H and O–H groups in total. The molecule has 0 aliphatic carbocycles. The van der Waals surface area contributed by atoms with Gasteiger partial charge in [-0.05, 0) is 19.4 Å². The Labute approximate surface area is 70.9 Å². The second-order valence-corrected chi connectivity index (χ2v) is 3.18. The fourth-order valence-electron chi connectivity index (χ4n) is 0.985. The molecule has 0 aromatic rings. The van der Waals surface area contributed by atoms with E-state index in [2.05, 4.69) is 39.1 Å². The van der Waals surface area contributed by atoms with Gasteiger partial charge in [0.15, 0.2) is 0 Å². The third-order valence-electron chi connectivity index (χ3n) is 1.87. The zero-order chi connectivity index (χ0) is 8.69. The van der Waals surface area contributed by atoms with E-state index in [1.54, 1.807) is 0 Å². The summed E-state index contributed by atoms with van der Waals surface area (Å²) in [5.41, 5.74) is 1.46. The van der Waals surface area contributed by atoms with Crippen molar-refractivity contribution in [2.75, 3.05) is 13.1 Å². The maximum absolute atomic E-state index is 3.31. The Morgan fingerprint density at radius 3 is 2.55 bits per heavy atom. The van der Waals surface area contributed by atoms with Crippen molar-refractivity contribution in [2.45, 2.75) is 34.1 Å². The molecule has 0 amide bonds. The molecular formula is C10H21N. The molecule has 1 heteroatoms. The Kier molecular flexibility index (Phi) is 6.24. The van der Waals surface area contributed by atoms with Gasteiger partial charge in [0.2, 0.25) is 0 Å². The van der Waals surface area contributed by atoms with E-state index in [1.807, 2.05) is 0 Å². The van der Waals surface area contributed by atoms with Crippen molar-refractivity contribution in [3.05, 3.63) is 11.6 Å². The van der Waals surface area contributed by atoms with Crippen LogP contribution in [0.25, 0.3) is 0 Å². The number of hydrogen-bond donors (Lipinski definition) is 1. The molecule has 11 heavy (non-hydrogen) atoms. The minimum Gasteiger partial charge on any atom is -0.313 e. The van der Waals surface area contributed by atoms with Crippen molar-refractivity contribution in [1.82, 2.24) is 5.32 Å². The lowest BCUT2D eigenvalue weighted by Crippen LogP contribution is -2.15. The minimum atomic E-state index is 0.730. The van der Waals surface area contributed by atoms with Crippen LogP contribution in [-0.2, 0) is 0 Å². The number of hydrogen-bond acceptors (Lipinski definition) is 1. The van der Waals surface area contributed by atoms with Crippen molar-refractivity contribution < 1.29 is 0 Å². The van der Waals surface area contributed by atoms with Crippen LogP contribution in [0, 0.1) is 5.92 Å². The Hall–Kier alpha value is -0.300. The first kappa shape index (κ1) is 10.7. The lowest BCUT2D eigenvalue weighted by Gasteiger charge is -2.05. The highest BCUT2D eigenvalue weighted by Crippen LogP contribution is 2.05. The predicted molar refractivity (Wildman–Crippen MR) is 51.8 cm³/mol. The first-order valence-corrected chi connectivity index (χ1v) is 4.58. The normalized spacial score (nSPS) is 15.1. The van der Waals surface area contributed by atoms with Crippen LogP contribution in [0.5, 0.6) is 0 Å². The van der Waals surface area contributed by atoms with Gasteiger partial charge in [0.1, 0.15) is 0 Å². The zero-order valence-electron chi connectivity index (χ0n) is 8.28. The quantitative estimate of drug-likeness (QED) is 0.602. The fourth-order valence-corrected chi connectivity index (χ4v) is 0.985. The highest BCUT2D eigenvalue weighted by atomic mass is 14.8. The summed E-state index contributed by atoms with van der Waals surface area (Å²) < 4.78 is 0. The Balaban J connectivity index is 3.61. The SMILES string of the molecule is CCNC/C(C)=C/C(C)CC. The molecule has 0 saturated carbocycles. The average molecular weight is 155 g/mol. The molecule has 0 aliphatic heterocycles. The smallest absolute Gasteiger partial charge is 0.0161 e. The lowest BCUT2D eigenvalue weighted by atomic mass is 10.1. The van der Waals surface area contributed by atoms with Gasteiger partial charge >= 0.3 is 0 Å². The summed E-state index contributed by atoms with van der Waals surface area (Å²) in [6.45, 7) is 10.9. The zero-order valence-corrected chi connectivity index (χ0v) is 8.28. The summed E-state index contributed by atoms with van der Waals surface area (Å²) in [7, 11) is 0. The maximum Gasteiger partial charge on any atom is 0.0161 e. The molecule has 0 rings (SSSR count). The standard InChI is InChI=1S/C10H21N/c1-5-9(3)7-10(4)8-11-6-2/h7,9,11H,5-6,8H2,1-4H3/b10-7+. The maximum atomic E-state index is 3.31.